The zero-order valence-electron chi connectivity index (χ0n) is 10.9. The van der Waals surface area contributed by atoms with Gasteiger partial charge in [-0.05, 0) is 24.7 Å². The summed E-state index contributed by atoms with van der Waals surface area (Å²) < 4.78 is 1.53. The quantitative estimate of drug-likeness (QED) is 0.864. The standard InChI is InChI=1S/C13H20ClN3O/c1-3-9(2)6-15-12-11(14)7-16-17(13(12)18)8-10-4-5-10/h7,9-10,15H,3-6,8H2,1-2H3. The van der Waals surface area contributed by atoms with Gasteiger partial charge in [0.05, 0.1) is 11.2 Å². The summed E-state index contributed by atoms with van der Waals surface area (Å²) in [5.74, 6) is 1.14. The minimum absolute atomic E-state index is 0.0993. The van der Waals surface area contributed by atoms with Gasteiger partial charge in [0.2, 0.25) is 0 Å². The number of nitrogens with zero attached hydrogens (tertiary/aromatic N) is 2. The Balaban J connectivity index is 2.13. The van der Waals surface area contributed by atoms with Gasteiger partial charge < -0.3 is 5.32 Å². The maximum Gasteiger partial charge on any atom is 0.291 e. The second-order valence-electron chi connectivity index (χ2n) is 5.19. The van der Waals surface area contributed by atoms with Crippen molar-refractivity contribution >= 4 is 17.3 Å². The Hall–Kier alpha value is -1.03. The minimum Gasteiger partial charge on any atom is -0.379 e. The van der Waals surface area contributed by atoms with E-state index < -0.39 is 0 Å². The van der Waals surface area contributed by atoms with E-state index in [0.29, 0.717) is 29.1 Å². The molecule has 1 aliphatic rings. The first-order valence-corrected chi connectivity index (χ1v) is 6.99. The first-order chi connectivity index (χ1) is 8.61. The fourth-order valence-corrected chi connectivity index (χ4v) is 1.92. The Morgan fingerprint density at radius 3 is 2.94 bits per heavy atom. The van der Waals surface area contributed by atoms with Crippen LogP contribution in [0.3, 0.4) is 0 Å². The molecule has 0 aromatic carbocycles. The highest BCUT2D eigenvalue weighted by Crippen LogP contribution is 2.30. The molecular formula is C13H20ClN3O. The highest BCUT2D eigenvalue weighted by Gasteiger charge is 2.23. The zero-order chi connectivity index (χ0) is 13.1. The summed E-state index contributed by atoms with van der Waals surface area (Å²) in [6, 6.07) is 0. The first-order valence-electron chi connectivity index (χ1n) is 6.61. The van der Waals surface area contributed by atoms with Crippen LogP contribution in [-0.2, 0) is 6.54 Å². The summed E-state index contributed by atoms with van der Waals surface area (Å²) in [4.78, 5) is 12.2. The molecule has 0 saturated heterocycles. The molecule has 1 heterocycles. The number of hydrogen-bond donors (Lipinski definition) is 1. The number of nitrogens with one attached hydrogen (secondary N) is 1. The minimum atomic E-state index is -0.0993. The Morgan fingerprint density at radius 1 is 1.61 bits per heavy atom. The number of rotatable bonds is 6. The van der Waals surface area contributed by atoms with E-state index >= 15 is 0 Å². The van der Waals surface area contributed by atoms with Crippen molar-refractivity contribution in [3.8, 4) is 0 Å². The number of hydrogen-bond acceptors (Lipinski definition) is 3. The molecule has 0 aliphatic heterocycles. The van der Waals surface area contributed by atoms with E-state index in [1.165, 1.54) is 17.5 Å². The zero-order valence-corrected chi connectivity index (χ0v) is 11.7. The van der Waals surface area contributed by atoms with Crippen LogP contribution in [-0.4, -0.2) is 16.3 Å². The molecule has 1 saturated carbocycles. The van der Waals surface area contributed by atoms with Crippen LogP contribution in [0.15, 0.2) is 11.0 Å². The predicted molar refractivity (Wildman–Crippen MR) is 74.2 cm³/mol. The van der Waals surface area contributed by atoms with Crippen LogP contribution in [0.4, 0.5) is 5.69 Å². The normalized spacial score (nSPS) is 16.6. The van der Waals surface area contributed by atoms with E-state index in [-0.39, 0.29) is 5.56 Å². The van der Waals surface area contributed by atoms with E-state index in [2.05, 4.69) is 24.3 Å². The summed E-state index contributed by atoms with van der Waals surface area (Å²) in [5, 5.41) is 7.67. The van der Waals surface area contributed by atoms with E-state index in [9.17, 15) is 4.79 Å². The molecule has 1 aromatic rings. The van der Waals surface area contributed by atoms with Crippen LogP contribution in [0.5, 0.6) is 0 Å². The van der Waals surface area contributed by atoms with Gasteiger partial charge in [0.15, 0.2) is 0 Å². The Bertz CT molecular complexity index is 468. The third-order valence-electron chi connectivity index (χ3n) is 3.45. The first kappa shape index (κ1) is 13.4. The third-order valence-corrected chi connectivity index (χ3v) is 3.74. The SMILES string of the molecule is CCC(C)CNc1c(Cl)cnn(CC2CC2)c1=O. The van der Waals surface area contributed by atoms with Gasteiger partial charge >= 0.3 is 0 Å². The van der Waals surface area contributed by atoms with Crippen molar-refractivity contribution in [2.75, 3.05) is 11.9 Å². The predicted octanol–water partition coefficient (Wildman–Crippen LogP) is 2.76. The van der Waals surface area contributed by atoms with Crippen molar-refractivity contribution in [3.63, 3.8) is 0 Å². The highest BCUT2D eigenvalue weighted by atomic mass is 35.5. The Kier molecular flexibility index (Phi) is 4.27. The van der Waals surface area contributed by atoms with Gasteiger partial charge in [-0.2, -0.15) is 5.10 Å². The number of halogens is 1. The lowest BCUT2D eigenvalue weighted by atomic mass is 10.1. The van der Waals surface area contributed by atoms with E-state index in [1.54, 1.807) is 6.20 Å². The van der Waals surface area contributed by atoms with Crippen LogP contribution >= 0.6 is 11.6 Å². The molecule has 0 amide bonds. The van der Waals surface area contributed by atoms with Crippen molar-refractivity contribution in [2.24, 2.45) is 11.8 Å². The molecule has 1 unspecified atom stereocenters. The lowest BCUT2D eigenvalue weighted by Gasteiger charge is -2.13. The van der Waals surface area contributed by atoms with Crippen LogP contribution in [0, 0.1) is 11.8 Å². The fraction of sp³-hybridized carbons (Fsp3) is 0.692. The lowest BCUT2D eigenvalue weighted by Crippen LogP contribution is -2.28. The highest BCUT2D eigenvalue weighted by molar-refractivity contribution is 6.32. The summed E-state index contributed by atoms with van der Waals surface area (Å²) in [6.45, 7) is 5.75. The van der Waals surface area contributed by atoms with Crippen molar-refractivity contribution in [1.82, 2.24) is 9.78 Å². The van der Waals surface area contributed by atoms with Crippen molar-refractivity contribution < 1.29 is 0 Å². The molecule has 0 radical (unpaired) electrons. The van der Waals surface area contributed by atoms with E-state index in [1.807, 2.05) is 0 Å². The van der Waals surface area contributed by atoms with Gasteiger partial charge in [0.25, 0.3) is 5.56 Å². The summed E-state index contributed by atoms with van der Waals surface area (Å²) in [6.07, 6.45) is 5.04. The van der Waals surface area contributed by atoms with Gasteiger partial charge in [-0.25, -0.2) is 4.68 Å². The molecule has 2 rings (SSSR count). The molecule has 1 aliphatic carbocycles. The second kappa shape index (κ2) is 5.74. The molecule has 1 fully saturated rings. The van der Waals surface area contributed by atoms with E-state index in [4.69, 9.17) is 11.6 Å². The van der Waals surface area contributed by atoms with Crippen molar-refractivity contribution in [3.05, 3.63) is 21.6 Å². The van der Waals surface area contributed by atoms with Gasteiger partial charge in [-0.15, -0.1) is 0 Å². The van der Waals surface area contributed by atoms with Crippen molar-refractivity contribution in [1.29, 1.82) is 0 Å². The molecule has 0 spiro atoms. The van der Waals surface area contributed by atoms with Gasteiger partial charge in [-0.3, -0.25) is 4.79 Å². The van der Waals surface area contributed by atoms with Gasteiger partial charge in [0.1, 0.15) is 5.69 Å². The summed E-state index contributed by atoms with van der Waals surface area (Å²) >= 11 is 6.04. The maximum absolute atomic E-state index is 12.2. The Labute approximate surface area is 112 Å². The molecular weight excluding hydrogens is 250 g/mol. The monoisotopic (exact) mass is 269 g/mol. The lowest BCUT2D eigenvalue weighted by molar-refractivity contribution is 0.533. The number of aromatic nitrogens is 2. The van der Waals surface area contributed by atoms with Crippen LogP contribution in [0.1, 0.15) is 33.1 Å². The van der Waals surface area contributed by atoms with Crippen LogP contribution < -0.4 is 10.9 Å². The largest absolute Gasteiger partial charge is 0.379 e. The summed E-state index contributed by atoms with van der Waals surface area (Å²) in [5.41, 5.74) is 0.394. The summed E-state index contributed by atoms with van der Waals surface area (Å²) in [7, 11) is 0. The average molecular weight is 270 g/mol. The van der Waals surface area contributed by atoms with Gasteiger partial charge in [-0.1, -0.05) is 31.9 Å². The van der Waals surface area contributed by atoms with Crippen LogP contribution in [0.2, 0.25) is 5.02 Å². The second-order valence-corrected chi connectivity index (χ2v) is 5.60. The maximum atomic E-state index is 12.2. The molecule has 0 bridgehead atoms. The average Bonchev–Trinajstić information content (AvgIpc) is 3.16. The molecule has 1 N–H and O–H groups in total. The smallest absolute Gasteiger partial charge is 0.291 e. The molecule has 4 nitrogen and oxygen atoms in total. The topological polar surface area (TPSA) is 46.9 Å². The molecule has 1 atom stereocenters. The Morgan fingerprint density at radius 2 is 2.33 bits per heavy atom. The molecule has 1 aromatic heterocycles. The van der Waals surface area contributed by atoms with E-state index in [0.717, 1.165) is 13.0 Å². The third kappa shape index (κ3) is 3.25. The van der Waals surface area contributed by atoms with Gasteiger partial charge in [0, 0.05) is 13.1 Å². The van der Waals surface area contributed by atoms with Crippen LogP contribution in [0.25, 0.3) is 0 Å². The van der Waals surface area contributed by atoms with Crippen molar-refractivity contribution in [2.45, 2.75) is 39.7 Å². The molecule has 18 heavy (non-hydrogen) atoms. The molecule has 100 valence electrons. The fourth-order valence-electron chi connectivity index (χ4n) is 1.72. The number of anilines is 1. The molecule has 5 heteroatoms.